The van der Waals surface area contributed by atoms with Crippen LogP contribution in [0.4, 0.5) is 0 Å². The van der Waals surface area contributed by atoms with Crippen LogP contribution in [0.2, 0.25) is 0 Å². The molecular weight excluding hydrogens is 176 g/mol. The Morgan fingerprint density at radius 1 is 1.29 bits per heavy atom. The van der Waals surface area contributed by atoms with Gasteiger partial charge in [0.25, 0.3) is 0 Å². The highest BCUT2D eigenvalue weighted by molar-refractivity contribution is 5.32. The zero-order valence-electron chi connectivity index (χ0n) is 8.49. The van der Waals surface area contributed by atoms with Gasteiger partial charge in [-0.1, -0.05) is 6.07 Å². The van der Waals surface area contributed by atoms with Crippen molar-refractivity contribution in [3.63, 3.8) is 0 Å². The number of aromatic hydroxyl groups is 1. The van der Waals surface area contributed by atoms with Crippen LogP contribution in [0.15, 0.2) is 24.3 Å². The third-order valence-corrected chi connectivity index (χ3v) is 2.84. The molecular formula is C12H16O2. The highest BCUT2D eigenvalue weighted by Gasteiger charge is 2.30. The summed E-state index contributed by atoms with van der Waals surface area (Å²) in [7, 11) is 0. The van der Waals surface area contributed by atoms with E-state index in [-0.39, 0.29) is 11.4 Å². The van der Waals surface area contributed by atoms with Crippen LogP contribution >= 0.6 is 0 Å². The molecule has 1 fully saturated rings. The monoisotopic (exact) mass is 192 g/mol. The normalized spacial score (nSPS) is 19.5. The fourth-order valence-corrected chi connectivity index (χ4v) is 2.06. The van der Waals surface area contributed by atoms with Gasteiger partial charge in [-0.15, -0.1) is 0 Å². The Morgan fingerprint density at radius 2 is 2.00 bits per heavy atom. The fraction of sp³-hybridized carbons (Fsp3) is 0.500. The summed E-state index contributed by atoms with van der Waals surface area (Å²) in [6, 6.07) is 7.03. The van der Waals surface area contributed by atoms with Gasteiger partial charge in [0.15, 0.2) is 0 Å². The lowest BCUT2D eigenvalue weighted by Crippen LogP contribution is -2.27. The lowest BCUT2D eigenvalue weighted by molar-refractivity contribution is 0.0965. The zero-order chi connectivity index (χ0) is 10.0. The van der Waals surface area contributed by atoms with Gasteiger partial charge >= 0.3 is 0 Å². The molecule has 0 aromatic heterocycles. The SMILES string of the molecule is CC1(Oc2cccc(O)c2)CCCC1. The van der Waals surface area contributed by atoms with E-state index in [4.69, 9.17) is 4.74 Å². The molecule has 0 unspecified atom stereocenters. The molecule has 0 atom stereocenters. The van der Waals surface area contributed by atoms with Crippen molar-refractivity contribution in [3.8, 4) is 11.5 Å². The van der Waals surface area contributed by atoms with Crippen molar-refractivity contribution >= 4 is 0 Å². The van der Waals surface area contributed by atoms with Crippen LogP contribution in [0.25, 0.3) is 0 Å². The van der Waals surface area contributed by atoms with Gasteiger partial charge in [-0.3, -0.25) is 0 Å². The number of hydrogen-bond acceptors (Lipinski definition) is 2. The molecule has 0 aliphatic heterocycles. The highest BCUT2D eigenvalue weighted by Crippen LogP contribution is 2.34. The quantitative estimate of drug-likeness (QED) is 0.780. The van der Waals surface area contributed by atoms with E-state index in [1.165, 1.54) is 12.8 Å². The van der Waals surface area contributed by atoms with Crippen molar-refractivity contribution in [2.45, 2.75) is 38.2 Å². The first-order valence-corrected chi connectivity index (χ1v) is 5.16. The second kappa shape index (κ2) is 3.52. The summed E-state index contributed by atoms with van der Waals surface area (Å²) in [5, 5.41) is 9.29. The molecule has 76 valence electrons. The van der Waals surface area contributed by atoms with E-state index in [0.29, 0.717) is 0 Å². The third-order valence-electron chi connectivity index (χ3n) is 2.84. The number of phenols is 1. The molecule has 1 aliphatic carbocycles. The lowest BCUT2D eigenvalue weighted by atomic mass is 10.1. The van der Waals surface area contributed by atoms with Crippen molar-refractivity contribution in [3.05, 3.63) is 24.3 Å². The number of rotatable bonds is 2. The minimum atomic E-state index is -0.0200. The van der Waals surface area contributed by atoms with Crippen molar-refractivity contribution in [2.75, 3.05) is 0 Å². The zero-order valence-corrected chi connectivity index (χ0v) is 8.49. The molecule has 1 aliphatic rings. The summed E-state index contributed by atoms with van der Waals surface area (Å²) in [6.07, 6.45) is 4.72. The van der Waals surface area contributed by atoms with E-state index in [1.807, 2.05) is 12.1 Å². The van der Waals surface area contributed by atoms with Crippen LogP contribution in [0.3, 0.4) is 0 Å². The van der Waals surface area contributed by atoms with Crippen LogP contribution in [0.1, 0.15) is 32.6 Å². The molecule has 1 N–H and O–H groups in total. The number of hydrogen-bond donors (Lipinski definition) is 1. The van der Waals surface area contributed by atoms with Crippen molar-refractivity contribution in [1.29, 1.82) is 0 Å². The van der Waals surface area contributed by atoms with Crippen LogP contribution in [0, 0.1) is 0 Å². The first kappa shape index (κ1) is 9.38. The van der Waals surface area contributed by atoms with Crippen molar-refractivity contribution in [2.24, 2.45) is 0 Å². The smallest absolute Gasteiger partial charge is 0.123 e. The van der Waals surface area contributed by atoms with E-state index in [2.05, 4.69) is 6.92 Å². The van der Waals surface area contributed by atoms with Crippen molar-refractivity contribution in [1.82, 2.24) is 0 Å². The predicted octanol–water partition coefficient (Wildman–Crippen LogP) is 3.10. The Hall–Kier alpha value is -1.18. The van der Waals surface area contributed by atoms with Gasteiger partial charge < -0.3 is 9.84 Å². The maximum Gasteiger partial charge on any atom is 0.123 e. The molecule has 1 aromatic carbocycles. The number of ether oxygens (including phenoxy) is 1. The van der Waals surface area contributed by atoms with Crippen LogP contribution < -0.4 is 4.74 Å². The summed E-state index contributed by atoms with van der Waals surface area (Å²) in [5.41, 5.74) is -0.0200. The number of benzene rings is 1. The second-order valence-electron chi connectivity index (χ2n) is 4.26. The average Bonchev–Trinajstić information content (AvgIpc) is 2.51. The topological polar surface area (TPSA) is 29.5 Å². The summed E-state index contributed by atoms with van der Waals surface area (Å²) in [4.78, 5) is 0. The van der Waals surface area contributed by atoms with Crippen LogP contribution in [0.5, 0.6) is 11.5 Å². The van der Waals surface area contributed by atoms with Gasteiger partial charge in [-0.25, -0.2) is 0 Å². The summed E-state index contributed by atoms with van der Waals surface area (Å²) in [5.74, 6) is 1.04. The minimum Gasteiger partial charge on any atom is -0.508 e. The predicted molar refractivity (Wildman–Crippen MR) is 55.6 cm³/mol. The Labute approximate surface area is 84.5 Å². The maximum atomic E-state index is 9.29. The van der Waals surface area contributed by atoms with Gasteiger partial charge in [0.1, 0.15) is 17.1 Å². The Kier molecular flexibility index (Phi) is 2.36. The van der Waals surface area contributed by atoms with E-state index in [1.54, 1.807) is 12.1 Å². The van der Waals surface area contributed by atoms with E-state index in [0.717, 1.165) is 18.6 Å². The fourth-order valence-electron chi connectivity index (χ4n) is 2.06. The van der Waals surface area contributed by atoms with Gasteiger partial charge in [-0.2, -0.15) is 0 Å². The molecule has 1 saturated carbocycles. The van der Waals surface area contributed by atoms with E-state index >= 15 is 0 Å². The molecule has 2 heteroatoms. The average molecular weight is 192 g/mol. The van der Waals surface area contributed by atoms with E-state index < -0.39 is 0 Å². The molecule has 0 radical (unpaired) electrons. The molecule has 0 heterocycles. The van der Waals surface area contributed by atoms with Crippen LogP contribution in [-0.4, -0.2) is 10.7 Å². The first-order valence-electron chi connectivity index (χ1n) is 5.16. The minimum absolute atomic E-state index is 0.0200. The summed E-state index contributed by atoms with van der Waals surface area (Å²) < 4.78 is 5.88. The molecule has 0 bridgehead atoms. The lowest BCUT2D eigenvalue weighted by Gasteiger charge is -2.25. The summed E-state index contributed by atoms with van der Waals surface area (Å²) in [6.45, 7) is 2.14. The standard InChI is InChI=1S/C12H16O2/c1-12(7-2-3-8-12)14-11-6-4-5-10(13)9-11/h4-6,9,13H,2-3,7-8H2,1H3. The largest absolute Gasteiger partial charge is 0.508 e. The van der Waals surface area contributed by atoms with Crippen molar-refractivity contribution < 1.29 is 9.84 Å². The molecule has 14 heavy (non-hydrogen) atoms. The van der Waals surface area contributed by atoms with Gasteiger partial charge in [0, 0.05) is 6.07 Å². The van der Waals surface area contributed by atoms with E-state index in [9.17, 15) is 5.11 Å². The van der Waals surface area contributed by atoms with Gasteiger partial charge in [0.05, 0.1) is 0 Å². The second-order valence-corrected chi connectivity index (χ2v) is 4.26. The van der Waals surface area contributed by atoms with Gasteiger partial charge in [-0.05, 0) is 44.7 Å². The third kappa shape index (κ3) is 2.00. The highest BCUT2D eigenvalue weighted by atomic mass is 16.5. The van der Waals surface area contributed by atoms with Crippen LogP contribution in [-0.2, 0) is 0 Å². The molecule has 1 aromatic rings. The molecule has 2 nitrogen and oxygen atoms in total. The Bertz CT molecular complexity index is 314. The maximum absolute atomic E-state index is 9.29. The Morgan fingerprint density at radius 3 is 2.64 bits per heavy atom. The molecule has 0 spiro atoms. The molecule has 0 amide bonds. The Balaban J connectivity index is 2.10. The van der Waals surface area contributed by atoms with Gasteiger partial charge in [0.2, 0.25) is 0 Å². The molecule has 0 saturated heterocycles. The molecule has 2 rings (SSSR count). The number of phenolic OH excluding ortho intramolecular Hbond substituents is 1. The first-order chi connectivity index (χ1) is 6.68. The summed E-state index contributed by atoms with van der Waals surface area (Å²) >= 11 is 0.